The van der Waals surface area contributed by atoms with Crippen LogP contribution in [0.15, 0.2) is 12.1 Å². The fourth-order valence-electron chi connectivity index (χ4n) is 2.32. The highest BCUT2D eigenvalue weighted by Crippen LogP contribution is 2.42. The van der Waals surface area contributed by atoms with Gasteiger partial charge in [-0.3, -0.25) is 0 Å². The van der Waals surface area contributed by atoms with Crippen molar-refractivity contribution in [2.45, 2.75) is 64.3 Å². The van der Waals surface area contributed by atoms with E-state index in [-0.39, 0.29) is 11.3 Å². The molecule has 0 radical (unpaired) electrons. The third-order valence-corrected chi connectivity index (χ3v) is 3.77. The van der Waals surface area contributed by atoms with E-state index in [0.29, 0.717) is 11.1 Å². The number of hydrogen-bond acceptors (Lipinski definition) is 3. The van der Waals surface area contributed by atoms with Crippen LogP contribution in [0.5, 0.6) is 5.75 Å². The van der Waals surface area contributed by atoms with Crippen molar-refractivity contribution in [3.63, 3.8) is 0 Å². The van der Waals surface area contributed by atoms with Crippen LogP contribution in [0.2, 0.25) is 0 Å². The number of alkyl halides is 2. The second-order valence-electron chi connectivity index (χ2n) is 7.86. The average molecular weight is 315 g/mol. The van der Waals surface area contributed by atoms with Crippen molar-refractivity contribution in [1.29, 1.82) is 0 Å². The summed E-state index contributed by atoms with van der Waals surface area (Å²) in [6.07, 6.45) is 0. The summed E-state index contributed by atoms with van der Waals surface area (Å²) in [7, 11) is 0. The molecule has 0 amide bonds. The summed E-state index contributed by atoms with van der Waals surface area (Å²) in [5.74, 6) is -3.30. The fraction of sp³-hybridized carbons (Fsp3) is 0.647. The molecular weight excluding hydrogens is 288 g/mol. The van der Waals surface area contributed by atoms with Crippen molar-refractivity contribution < 1.29 is 19.0 Å². The molecule has 1 atom stereocenters. The van der Waals surface area contributed by atoms with E-state index in [4.69, 9.17) is 10.8 Å². The predicted octanol–water partition coefficient (Wildman–Crippen LogP) is 3.61. The van der Waals surface area contributed by atoms with Crippen molar-refractivity contribution in [3.05, 3.63) is 28.8 Å². The predicted molar refractivity (Wildman–Crippen MR) is 84.5 cm³/mol. The van der Waals surface area contributed by atoms with E-state index in [0.717, 1.165) is 0 Å². The Labute approximate surface area is 131 Å². The first-order chi connectivity index (χ1) is 9.71. The lowest BCUT2D eigenvalue weighted by atomic mass is 9.77. The number of hydrogen-bond donors (Lipinski definition) is 3. The minimum Gasteiger partial charge on any atom is -0.507 e. The molecule has 0 saturated carbocycles. The van der Waals surface area contributed by atoms with Crippen LogP contribution in [-0.2, 0) is 10.8 Å². The van der Waals surface area contributed by atoms with Crippen LogP contribution in [0.25, 0.3) is 0 Å². The molecule has 1 aromatic carbocycles. The summed E-state index contributed by atoms with van der Waals surface area (Å²) >= 11 is 0. The summed E-state index contributed by atoms with van der Waals surface area (Å²) in [6.45, 7) is 10.1. The fourth-order valence-corrected chi connectivity index (χ4v) is 2.32. The van der Waals surface area contributed by atoms with Gasteiger partial charge in [-0.15, -0.1) is 0 Å². The number of aliphatic hydroxyl groups is 1. The van der Waals surface area contributed by atoms with Crippen LogP contribution in [-0.4, -0.2) is 22.7 Å². The Bertz CT molecular complexity index is 508. The molecule has 0 bridgehead atoms. The second-order valence-corrected chi connectivity index (χ2v) is 7.86. The smallest absolute Gasteiger partial charge is 0.289 e. The Hall–Kier alpha value is -1.20. The molecule has 1 rings (SSSR count). The van der Waals surface area contributed by atoms with E-state index in [1.54, 1.807) is 0 Å². The minimum absolute atomic E-state index is 0.114. The highest BCUT2D eigenvalue weighted by Gasteiger charge is 2.39. The van der Waals surface area contributed by atoms with Crippen LogP contribution in [0.3, 0.4) is 0 Å². The average Bonchev–Trinajstić information content (AvgIpc) is 2.35. The van der Waals surface area contributed by atoms with Gasteiger partial charge >= 0.3 is 0 Å². The molecule has 0 aliphatic carbocycles. The molecule has 0 unspecified atom stereocenters. The van der Waals surface area contributed by atoms with Crippen LogP contribution in [0, 0.1) is 0 Å². The molecule has 0 heterocycles. The van der Waals surface area contributed by atoms with Gasteiger partial charge in [-0.05, 0) is 39.7 Å². The van der Waals surface area contributed by atoms with E-state index >= 15 is 0 Å². The largest absolute Gasteiger partial charge is 0.507 e. The molecule has 0 saturated heterocycles. The highest BCUT2D eigenvalue weighted by molar-refractivity contribution is 5.50. The summed E-state index contributed by atoms with van der Waals surface area (Å²) in [5, 5.41) is 19.4. The lowest BCUT2D eigenvalue weighted by Gasteiger charge is -2.30. The van der Waals surface area contributed by atoms with E-state index in [1.807, 2.05) is 41.5 Å². The molecule has 0 aliphatic heterocycles. The quantitative estimate of drug-likeness (QED) is 0.798. The van der Waals surface area contributed by atoms with Crippen molar-refractivity contribution in [3.8, 4) is 5.75 Å². The van der Waals surface area contributed by atoms with Gasteiger partial charge in [-0.2, -0.15) is 0 Å². The van der Waals surface area contributed by atoms with Crippen molar-refractivity contribution in [2.24, 2.45) is 5.73 Å². The zero-order valence-electron chi connectivity index (χ0n) is 14.2. The molecule has 1 aromatic rings. The van der Waals surface area contributed by atoms with Gasteiger partial charge in [-0.25, -0.2) is 8.78 Å². The molecule has 22 heavy (non-hydrogen) atoms. The van der Waals surface area contributed by atoms with Gasteiger partial charge in [0, 0.05) is 0 Å². The Morgan fingerprint density at radius 2 is 1.36 bits per heavy atom. The lowest BCUT2D eigenvalue weighted by molar-refractivity contribution is -0.0712. The number of benzene rings is 1. The zero-order chi connectivity index (χ0) is 17.5. The topological polar surface area (TPSA) is 66.5 Å². The van der Waals surface area contributed by atoms with Crippen LogP contribution >= 0.6 is 0 Å². The van der Waals surface area contributed by atoms with Crippen LogP contribution in [0.1, 0.15) is 64.3 Å². The number of rotatable bonds is 3. The standard InChI is InChI=1S/C17H27F2NO2/c1-15(2,3)11-7-10(14(20)17(18,19)9-21)8-12(13(11)22)16(4,5)6/h7-8,14,21-22H,9,20H2,1-6H3/t14-/m1/s1. The maximum Gasteiger partial charge on any atom is 0.289 e. The monoisotopic (exact) mass is 315 g/mol. The molecule has 0 aliphatic rings. The molecule has 0 aromatic heterocycles. The third-order valence-electron chi connectivity index (χ3n) is 3.77. The van der Waals surface area contributed by atoms with Crippen molar-refractivity contribution in [2.75, 3.05) is 6.61 Å². The van der Waals surface area contributed by atoms with Crippen LogP contribution in [0.4, 0.5) is 8.78 Å². The summed E-state index contributed by atoms with van der Waals surface area (Å²) < 4.78 is 27.5. The Morgan fingerprint density at radius 3 is 1.64 bits per heavy atom. The van der Waals surface area contributed by atoms with E-state index in [9.17, 15) is 13.9 Å². The van der Waals surface area contributed by atoms with E-state index in [1.165, 1.54) is 12.1 Å². The number of nitrogens with two attached hydrogens (primary N) is 1. The Balaban J connectivity index is 3.62. The molecule has 4 N–H and O–H groups in total. The van der Waals surface area contributed by atoms with Gasteiger partial charge in [0.05, 0.1) is 6.04 Å². The summed E-state index contributed by atoms with van der Waals surface area (Å²) in [5.41, 5.74) is 6.17. The van der Waals surface area contributed by atoms with E-state index < -0.39 is 29.4 Å². The SMILES string of the molecule is CC(C)(C)c1cc([C@@H](N)C(F)(F)CO)cc(C(C)(C)C)c1O. The maximum absolute atomic E-state index is 13.8. The molecule has 126 valence electrons. The van der Waals surface area contributed by atoms with Crippen LogP contribution < -0.4 is 5.73 Å². The number of halogens is 2. The maximum atomic E-state index is 13.8. The van der Waals surface area contributed by atoms with Gasteiger partial charge in [0.25, 0.3) is 5.92 Å². The number of phenolic OH excluding ortho intramolecular Hbond substituents is 1. The van der Waals surface area contributed by atoms with Gasteiger partial charge in [0.2, 0.25) is 0 Å². The normalized spacial score (nSPS) is 15.0. The third kappa shape index (κ3) is 3.76. The molecule has 0 fully saturated rings. The van der Waals surface area contributed by atoms with Gasteiger partial charge < -0.3 is 15.9 Å². The van der Waals surface area contributed by atoms with Gasteiger partial charge in [0.1, 0.15) is 12.4 Å². The molecular formula is C17H27F2NO2. The number of phenols is 1. The first kappa shape index (κ1) is 18.8. The van der Waals surface area contributed by atoms with Gasteiger partial charge in [0.15, 0.2) is 0 Å². The highest BCUT2D eigenvalue weighted by atomic mass is 19.3. The van der Waals surface area contributed by atoms with Gasteiger partial charge in [-0.1, -0.05) is 41.5 Å². The van der Waals surface area contributed by atoms with Crippen molar-refractivity contribution in [1.82, 2.24) is 0 Å². The summed E-state index contributed by atoms with van der Waals surface area (Å²) in [6, 6.07) is 1.40. The number of aromatic hydroxyl groups is 1. The lowest BCUT2D eigenvalue weighted by Crippen LogP contribution is -2.36. The first-order valence-corrected chi connectivity index (χ1v) is 7.34. The van der Waals surface area contributed by atoms with E-state index in [2.05, 4.69) is 0 Å². The Kier molecular flexibility index (Phi) is 4.95. The zero-order valence-corrected chi connectivity index (χ0v) is 14.2. The molecule has 5 heteroatoms. The summed E-state index contributed by atoms with van der Waals surface area (Å²) in [4.78, 5) is 0. The molecule has 3 nitrogen and oxygen atoms in total. The second kappa shape index (κ2) is 5.78. The molecule has 0 spiro atoms. The Morgan fingerprint density at radius 1 is 1.00 bits per heavy atom. The first-order valence-electron chi connectivity index (χ1n) is 7.34. The minimum atomic E-state index is -3.42. The van der Waals surface area contributed by atoms with Crippen molar-refractivity contribution >= 4 is 0 Å². The number of aliphatic hydroxyl groups excluding tert-OH is 1.